The second-order valence-electron chi connectivity index (χ2n) is 6.21. The van der Waals surface area contributed by atoms with Gasteiger partial charge < -0.3 is 5.32 Å². The second-order valence-corrected chi connectivity index (χ2v) is 6.21. The predicted molar refractivity (Wildman–Crippen MR) is 107 cm³/mol. The monoisotopic (exact) mass is 371 g/mol. The highest BCUT2D eigenvalue weighted by Crippen LogP contribution is 2.15. The fourth-order valence-electron chi connectivity index (χ4n) is 2.90. The van der Waals surface area contributed by atoms with Crippen molar-refractivity contribution >= 4 is 22.5 Å². The molecule has 138 valence electrons. The SMILES string of the molecule is O=C(CCn1ncc(=O)c2ccccc21)Nc1cnc(-c2ccccc2)nc1. The van der Waals surface area contributed by atoms with Crippen molar-refractivity contribution in [2.24, 2.45) is 0 Å². The Labute approximate surface area is 160 Å². The molecule has 0 radical (unpaired) electrons. The molecule has 0 saturated heterocycles. The number of rotatable bonds is 5. The molecule has 0 aliphatic carbocycles. The van der Waals surface area contributed by atoms with Gasteiger partial charge in [-0.05, 0) is 12.1 Å². The molecule has 0 spiro atoms. The molecule has 4 rings (SSSR count). The number of hydrogen-bond acceptors (Lipinski definition) is 5. The van der Waals surface area contributed by atoms with Crippen molar-refractivity contribution in [3.05, 3.63) is 83.4 Å². The first-order valence-corrected chi connectivity index (χ1v) is 8.83. The van der Waals surface area contributed by atoms with Crippen LogP contribution in [0, 0.1) is 0 Å². The largest absolute Gasteiger partial charge is 0.323 e. The third-order valence-corrected chi connectivity index (χ3v) is 4.28. The van der Waals surface area contributed by atoms with Crippen LogP contribution in [-0.2, 0) is 11.3 Å². The number of para-hydroxylation sites is 1. The van der Waals surface area contributed by atoms with Gasteiger partial charge in [0.15, 0.2) is 5.82 Å². The van der Waals surface area contributed by atoms with Crippen molar-refractivity contribution < 1.29 is 4.79 Å². The summed E-state index contributed by atoms with van der Waals surface area (Å²) in [5, 5.41) is 7.50. The average Bonchev–Trinajstić information content (AvgIpc) is 2.75. The van der Waals surface area contributed by atoms with Crippen molar-refractivity contribution in [3.8, 4) is 11.4 Å². The Morgan fingerprint density at radius 1 is 0.929 bits per heavy atom. The first-order chi connectivity index (χ1) is 13.7. The van der Waals surface area contributed by atoms with Gasteiger partial charge in [-0.3, -0.25) is 14.3 Å². The topological polar surface area (TPSA) is 89.8 Å². The van der Waals surface area contributed by atoms with Gasteiger partial charge in [-0.2, -0.15) is 5.10 Å². The van der Waals surface area contributed by atoms with Crippen molar-refractivity contribution in [1.29, 1.82) is 0 Å². The van der Waals surface area contributed by atoms with Gasteiger partial charge in [-0.25, -0.2) is 9.97 Å². The zero-order valence-corrected chi connectivity index (χ0v) is 14.9. The lowest BCUT2D eigenvalue weighted by Crippen LogP contribution is -2.18. The van der Waals surface area contributed by atoms with Gasteiger partial charge in [0, 0.05) is 17.4 Å². The number of aromatic nitrogens is 4. The highest BCUT2D eigenvalue weighted by Gasteiger charge is 2.08. The van der Waals surface area contributed by atoms with Crippen LogP contribution in [0.4, 0.5) is 5.69 Å². The molecule has 28 heavy (non-hydrogen) atoms. The lowest BCUT2D eigenvalue weighted by molar-refractivity contribution is -0.116. The van der Waals surface area contributed by atoms with E-state index in [-0.39, 0.29) is 17.8 Å². The molecular formula is C21H17N5O2. The molecule has 0 aliphatic heterocycles. The van der Waals surface area contributed by atoms with E-state index in [1.54, 1.807) is 29.2 Å². The Kier molecular flexibility index (Phi) is 4.88. The van der Waals surface area contributed by atoms with Crippen LogP contribution < -0.4 is 10.7 Å². The van der Waals surface area contributed by atoms with Crippen LogP contribution in [0.1, 0.15) is 6.42 Å². The summed E-state index contributed by atoms with van der Waals surface area (Å²) in [6.45, 7) is 0.357. The molecule has 2 aromatic carbocycles. The number of carbonyl (C=O) groups excluding carboxylic acids is 1. The summed E-state index contributed by atoms with van der Waals surface area (Å²) in [5.41, 5.74) is 2.02. The molecule has 0 atom stereocenters. The molecule has 0 aliphatic rings. The number of hydrogen-bond donors (Lipinski definition) is 1. The van der Waals surface area contributed by atoms with Crippen LogP contribution in [-0.4, -0.2) is 25.7 Å². The van der Waals surface area contributed by atoms with E-state index in [1.165, 1.54) is 6.20 Å². The van der Waals surface area contributed by atoms with Gasteiger partial charge >= 0.3 is 0 Å². The van der Waals surface area contributed by atoms with Gasteiger partial charge in [-0.1, -0.05) is 42.5 Å². The first-order valence-electron chi connectivity index (χ1n) is 8.83. The Morgan fingerprint density at radius 3 is 2.43 bits per heavy atom. The number of aryl methyl sites for hydroxylation is 1. The molecule has 0 saturated carbocycles. The third-order valence-electron chi connectivity index (χ3n) is 4.28. The Bertz CT molecular complexity index is 1170. The van der Waals surface area contributed by atoms with Gasteiger partial charge in [0.25, 0.3) is 0 Å². The minimum absolute atomic E-state index is 0.132. The molecule has 4 aromatic rings. The summed E-state index contributed by atoms with van der Waals surface area (Å²) in [6.07, 6.45) is 4.65. The molecule has 0 fully saturated rings. The Hall–Kier alpha value is -3.87. The minimum atomic E-state index is -0.180. The standard InChI is InChI=1S/C21H17N5O2/c27-19-14-24-26(18-9-5-4-8-17(18)19)11-10-20(28)25-16-12-22-21(23-13-16)15-6-2-1-3-7-15/h1-9,12-14H,10-11H2,(H,25,28). The summed E-state index contributed by atoms with van der Waals surface area (Å²) in [4.78, 5) is 32.7. The van der Waals surface area contributed by atoms with Crippen molar-refractivity contribution in [3.63, 3.8) is 0 Å². The van der Waals surface area contributed by atoms with E-state index in [1.807, 2.05) is 42.5 Å². The summed E-state index contributed by atoms with van der Waals surface area (Å²) in [5.74, 6) is 0.420. The van der Waals surface area contributed by atoms with Crippen molar-refractivity contribution in [2.75, 3.05) is 5.32 Å². The highest BCUT2D eigenvalue weighted by atomic mass is 16.1. The summed E-state index contributed by atoms with van der Waals surface area (Å²) < 4.78 is 1.66. The van der Waals surface area contributed by atoms with Gasteiger partial charge in [0.05, 0.1) is 36.3 Å². The van der Waals surface area contributed by atoms with E-state index in [4.69, 9.17) is 0 Å². The second kappa shape index (κ2) is 7.79. The van der Waals surface area contributed by atoms with Crippen LogP contribution in [0.5, 0.6) is 0 Å². The molecule has 2 aromatic heterocycles. The van der Waals surface area contributed by atoms with Crippen LogP contribution in [0.15, 0.2) is 78.0 Å². The summed E-state index contributed by atoms with van der Waals surface area (Å²) >= 11 is 0. The number of amides is 1. The molecule has 2 heterocycles. The zero-order chi connectivity index (χ0) is 19.3. The van der Waals surface area contributed by atoms with Crippen molar-refractivity contribution in [2.45, 2.75) is 13.0 Å². The number of benzene rings is 2. The molecule has 7 heteroatoms. The number of anilines is 1. The maximum Gasteiger partial charge on any atom is 0.226 e. The molecular weight excluding hydrogens is 354 g/mol. The van der Waals surface area contributed by atoms with Crippen LogP contribution in [0.3, 0.4) is 0 Å². The number of nitrogens with one attached hydrogen (secondary N) is 1. The lowest BCUT2D eigenvalue weighted by Gasteiger charge is -2.09. The molecule has 0 unspecified atom stereocenters. The first kappa shape index (κ1) is 17.5. The summed E-state index contributed by atoms with van der Waals surface area (Å²) in [7, 11) is 0. The number of fused-ring (bicyclic) bond motifs is 1. The van der Waals surface area contributed by atoms with E-state index in [2.05, 4.69) is 20.4 Å². The van der Waals surface area contributed by atoms with Gasteiger partial charge in [0.1, 0.15) is 0 Å². The van der Waals surface area contributed by atoms with Crippen LogP contribution in [0.2, 0.25) is 0 Å². The smallest absolute Gasteiger partial charge is 0.226 e. The number of carbonyl (C=O) groups is 1. The molecule has 7 nitrogen and oxygen atoms in total. The predicted octanol–water partition coefficient (Wildman–Crippen LogP) is 2.88. The van der Waals surface area contributed by atoms with E-state index >= 15 is 0 Å². The van der Waals surface area contributed by atoms with Crippen LogP contribution >= 0.6 is 0 Å². The minimum Gasteiger partial charge on any atom is -0.323 e. The molecule has 1 amide bonds. The highest BCUT2D eigenvalue weighted by molar-refractivity contribution is 5.90. The van der Waals surface area contributed by atoms with Gasteiger partial charge in [0.2, 0.25) is 11.3 Å². The van der Waals surface area contributed by atoms with E-state index in [0.29, 0.717) is 29.0 Å². The average molecular weight is 371 g/mol. The Morgan fingerprint density at radius 2 is 1.64 bits per heavy atom. The normalized spacial score (nSPS) is 10.7. The van der Waals surface area contributed by atoms with E-state index in [0.717, 1.165) is 5.56 Å². The Balaban J connectivity index is 1.41. The van der Waals surface area contributed by atoms with Gasteiger partial charge in [-0.15, -0.1) is 0 Å². The van der Waals surface area contributed by atoms with E-state index < -0.39 is 0 Å². The fraction of sp³-hybridized carbons (Fsp3) is 0.0952. The zero-order valence-electron chi connectivity index (χ0n) is 14.9. The number of nitrogens with zero attached hydrogens (tertiary/aromatic N) is 4. The van der Waals surface area contributed by atoms with Crippen molar-refractivity contribution in [1.82, 2.24) is 19.7 Å². The maximum absolute atomic E-state index is 12.3. The molecule has 1 N–H and O–H groups in total. The van der Waals surface area contributed by atoms with Crippen LogP contribution in [0.25, 0.3) is 22.3 Å². The third kappa shape index (κ3) is 3.78. The fourth-order valence-corrected chi connectivity index (χ4v) is 2.90. The molecule has 0 bridgehead atoms. The maximum atomic E-state index is 12.3. The summed E-state index contributed by atoms with van der Waals surface area (Å²) in [6, 6.07) is 16.8. The van der Waals surface area contributed by atoms with E-state index in [9.17, 15) is 9.59 Å². The quantitative estimate of drug-likeness (QED) is 0.583. The lowest BCUT2D eigenvalue weighted by atomic mass is 10.2.